The van der Waals surface area contributed by atoms with Crippen molar-refractivity contribution in [3.05, 3.63) is 60.1 Å². The maximum atomic E-state index is 12.8. The molecule has 0 amide bonds. The second-order valence-corrected chi connectivity index (χ2v) is 5.85. The largest absolute Gasteiger partial charge is 0.497 e. The van der Waals surface area contributed by atoms with Crippen molar-refractivity contribution in [3.8, 4) is 5.75 Å². The van der Waals surface area contributed by atoms with Crippen LogP contribution >= 0.6 is 0 Å². The van der Waals surface area contributed by atoms with E-state index in [-0.39, 0.29) is 17.0 Å². The third kappa shape index (κ3) is 3.88. The summed E-state index contributed by atoms with van der Waals surface area (Å²) >= 11 is 0. The maximum Gasteiger partial charge on any atom is 0.336 e. The second kappa shape index (κ2) is 8.42. The average Bonchev–Trinajstić information content (AvgIpc) is 3.31. The number of Topliss-reactive ketones (excluding diaryl/α,β-unsaturated/α-hetero) is 1. The molecule has 1 aromatic heterocycles. The number of furan rings is 1. The Kier molecular flexibility index (Phi) is 5.77. The number of allylic oxidation sites excluding steroid dienone is 1. The summed E-state index contributed by atoms with van der Waals surface area (Å²) in [6.45, 7) is 0. The number of ether oxygens (including phenoxy) is 3. The number of carbonyl (C=O) groups excluding carboxylic acids is 3. The van der Waals surface area contributed by atoms with Gasteiger partial charge in [-0.2, -0.15) is 5.10 Å². The lowest BCUT2D eigenvalue weighted by atomic mass is 10.00. The smallest absolute Gasteiger partial charge is 0.336 e. The summed E-state index contributed by atoms with van der Waals surface area (Å²) in [4.78, 5) is 37.7. The summed E-state index contributed by atoms with van der Waals surface area (Å²) in [5, 5.41) is 5.53. The van der Waals surface area contributed by atoms with Gasteiger partial charge in [0.15, 0.2) is 11.8 Å². The van der Waals surface area contributed by atoms with Crippen molar-refractivity contribution in [3.63, 3.8) is 0 Å². The fraction of sp³-hybridized carbons (Fsp3) is 0.200. The lowest BCUT2D eigenvalue weighted by Gasteiger charge is -2.31. The Bertz CT molecular complexity index is 975. The van der Waals surface area contributed by atoms with E-state index in [1.807, 2.05) is 0 Å². The topological polar surface area (TPSA) is 108 Å². The van der Waals surface area contributed by atoms with Crippen molar-refractivity contribution >= 4 is 29.1 Å². The van der Waals surface area contributed by atoms with Crippen LogP contribution in [0, 0.1) is 0 Å². The quantitative estimate of drug-likeness (QED) is 0.537. The van der Waals surface area contributed by atoms with E-state index in [1.54, 1.807) is 30.3 Å². The van der Waals surface area contributed by atoms with E-state index in [2.05, 4.69) is 5.10 Å². The Balaban J connectivity index is 2.13. The molecule has 150 valence electrons. The Morgan fingerprint density at radius 3 is 2.31 bits per heavy atom. The van der Waals surface area contributed by atoms with Crippen LogP contribution in [0.15, 0.2) is 63.8 Å². The molecule has 1 aliphatic heterocycles. The van der Waals surface area contributed by atoms with Crippen LogP contribution in [-0.2, 0) is 19.1 Å². The lowest BCUT2D eigenvalue weighted by Crippen LogP contribution is -2.46. The SMILES string of the molecule is COC(=O)C1=CC(C(=O)c2ccco2)=NN(c2ccc(OC)cc2)C1C(=O)OC. The molecule has 0 spiro atoms. The third-order valence-corrected chi connectivity index (χ3v) is 4.21. The molecule has 2 aromatic rings. The molecule has 1 unspecified atom stereocenters. The highest BCUT2D eigenvalue weighted by Crippen LogP contribution is 2.29. The number of hydrogen-bond acceptors (Lipinski definition) is 9. The predicted molar refractivity (Wildman–Crippen MR) is 102 cm³/mol. The van der Waals surface area contributed by atoms with E-state index in [1.165, 1.54) is 44.7 Å². The van der Waals surface area contributed by atoms with E-state index >= 15 is 0 Å². The highest BCUT2D eigenvalue weighted by atomic mass is 16.5. The van der Waals surface area contributed by atoms with Crippen LogP contribution in [0.2, 0.25) is 0 Å². The van der Waals surface area contributed by atoms with Gasteiger partial charge in [-0.05, 0) is 42.5 Å². The Labute approximate surface area is 166 Å². The number of anilines is 1. The monoisotopic (exact) mass is 398 g/mol. The molecule has 1 aliphatic rings. The lowest BCUT2D eigenvalue weighted by molar-refractivity contribution is -0.144. The van der Waals surface area contributed by atoms with Crippen LogP contribution in [0.3, 0.4) is 0 Å². The number of carbonyl (C=O) groups is 3. The van der Waals surface area contributed by atoms with Gasteiger partial charge < -0.3 is 18.6 Å². The number of benzene rings is 1. The molecule has 3 rings (SSSR count). The van der Waals surface area contributed by atoms with E-state index in [9.17, 15) is 14.4 Å². The van der Waals surface area contributed by atoms with Gasteiger partial charge in [-0.1, -0.05) is 0 Å². The minimum atomic E-state index is -1.24. The summed E-state index contributed by atoms with van der Waals surface area (Å²) in [6, 6.07) is 8.36. The van der Waals surface area contributed by atoms with E-state index in [4.69, 9.17) is 18.6 Å². The molecule has 9 nitrogen and oxygen atoms in total. The van der Waals surface area contributed by atoms with E-state index in [0.29, 0.717) is 11.4 Å². The first-order chi connectivity index (χ1) is 14.0. The zero-order valence-electron chi connectivity index (χ0n) is 15.9. The minimum Gasteiger partial charge on any atom is -0.497 e. The fourth-order valence-corrected chi connectivity index (χ4v) is 2.77. The molecule has 2 heterocycles. The third-order valence-electron chi connectivity index (χ3n) is 4.21. The first-order valence-electron chi connectivity index (χ1n) is 8.48. The van der Waals surface area contributed by atoms with Crippen LogP contribution < -0.4 is 9.75 Å². The van der Waals surface area contributed by atoms with Crippen LogP contribution in [-0.4, -0.2) is 50.8 Å². The van der Waals surface area contributed by atoms with Gasteiger partial charge in [-0.15, -0.1) is 0 Å². The van der Waals surface area contributed by atoms with Gasteiger partial charge in [-0.25, -0.2) is 14.6 Å². The zero-order valence-corrected chi connectivity index (χ0v) is 15.9. The highest BCUT2D eigenvalue weighted by molar-refractivity contribution is 6.50. The van der Waals surface area contributed by atoms with Gasteiger partial charge >= 0.3 is 11.9 Å². The van der Waals surface area contributed by atoms with Crippen LogP contribution in [0.5, 0.6) is 5.75 Å². The first-order valence-corrected chi connectivity index (χ1v) is 8.48. The summed E-state index contributed by atoms with van der Waals surface area (Å²) in [7, 11) is 3.88. The van der Waals surface area contributed by atoms with E-state index < -0.39 is 23.8 Å². The van der Waals surface area contributed by atoms with Gasteiger partial charge in [0, 0.05) is 0 Å². The van der Waals surface area contributed by atoms with E-state index in [0.717, 1.165) is 0 Å². The van der Waals surface area contributed by atoms with Crippen molar-refractivity contribution in [1.29, 1.82) is 0 Å². The summed E-state index contributed by atoms with van der Waals surface area (Å²) in [5.41, 5.74) is 0.233. The molecular formula is C20H18N2O7. The van der Waals surface area contributed by atoms with Gasteiger partial charge in [0.1, 0.15) is 11.5 Å². The molecular weight excluding hydrogens is 380 g/mol. The van der Waals surface area contributed by atoms with Crippen LogP contribution in [0.4, 0.5) is 5.69 Å². The zero-order chi connectivity index (χ0) is 21.0. The average molecular weight is 398 g/mol. The number of ketones is 1. The van der Waals surface area contributed by atoms with Crippen molar-refractivity contribution < 1.29 is 33.0 Å². The Morgan fingerprint density at radius 2 is 1.76 bits per heavy atom. The minimum absolute atomic E-state index is 0.0374. The highest BCUT2D eigenvalue weighted by Gasteiger charge is 2.40. The first kappa shape index (κ1) is 19.9. The van der Waals surface area contributed by atoms with Gasteiger partial charge in [0.2, 0.25) is 5.78 Å². The number of nitrogens with zero attached hydrogens (tertiary/aromatic N) is 2. The molecule has 0 fully saturated rings. The Morgan fingerprint density at radius 1 is 1.03 bits per heavy atom. The number of hydrogen-bond donors (Lipinski definition) is 0. The van der Waals surface area contributed by atoms with Crippen molar-refractivity contribution in [2.24, 2.45) is 5.10 Å². The Hall–Kier alpha value is -3.88. The molecule has 1 aromatic carbocycles. The second-order valence-electron chi connectivity index (χ2n) is 5.85. The number of hydrazone groups is 1. The normalized spacial score (nSPS) is 15.8. The van der Waals surface area contributed by atoms with Crippen molar-refractivity contribution in [1.82, 2.24) is 0 Å². The van der Waals surface area contributed by atoms with Gasteiger partial charge in [0.05, 0.1) is 38.9 Å². The molecule has 9 heteroatoms. The molecule has 0 radical (unpaired) electrons. The molecule has 0 N–H and O–H groups in total. The van der Waals surface area contributed by atoms with Crippen LogP contribution in [0.1, 0.15) is 10.6 Å². The summed E-state index contributed by atoms with van der Waals surface area (Å²) < 4.78 is 19.9. The van der Waals surface area contributed by atoms with Gasteiger partial charge in [-0.3, -0.25) is 4.79 Å². The van der Waals surface area contributed by atoms with Crippen molar-refractivity contribution in [2.75, 3.05) is 26.3 Å². The summed E-state index contributed by atoms with van der Waals surface area (Å²) in [5.74, 6) is -1.47. The van der Waals surface area contributed by atoms with Crippen molar-refractivity contribution in [2.45, 2.75) is 6.04 Å². The number of esters is 2. The van der Waals surface area contributed by atoms with Crippen LogP contribution in [0.25, 0.3) is 0 Å². The maximum absolute atomic E-state index is 12.8. The molecule has 0 saturated heterocycles. The van der Waals surface area contributed by atoms with Gasteiger partial charge in [0.25, 0.3) is 0 Å². The number of rotatable bonds is 6. The standard InChI is InChI=1S/C20H18N2O7/c1-26-13-8-6-12(7-9-13)22-17(20(25)28-3)14(19(24)27-2)11-15(21-22)18(23)16-5-4-10-29-16/h4-11,17H,1-3H3. The molecule has 1 atom stereocenters. The molecule has 29 heavy (non-hydrogen) atoms. The molecule has 0 saturated carbocycles. The fourth-order valence-electron chi connectivity index (χ4n) is 2.77. The predicted octanol–water partition coefficient (Wildman–Crippen LogP) is 1.99. The number of methoxy groups -OCH3 is 3. The molecule has 0 bridgehead atoms. The summed E-state index contributed by atoms with van der Waals surface area (Å²) in [6.07, 6.45) is 2.55. The molecule has 0 aliphatic carbocycles.